The van der Waals surface area contributed by atoms with Gasteiger partial charge in [-0.2, -0.15) is 0 Å². The molecule has 61 valence electrons. The monoisotopic (exact) mass is 163 g/mol. The summed E-state index contributed by atoms with van der Waals surface area (Å²) in [5.74, 6) is 0. The standard InChI is InChI=1S/C7H15O2S/c1-3-4-5-6-7(2)10(8)9/h7,10H,2-6H2,1H3. The Morgan fingerprint density at radius 3 is 2.40 bits per heavy atom. The smallest absolute Gasteiger partial charge is 0.143 e. The molecule has 0 aliphatic carbocycles. The average Bonchev–Trinajstić information content (AvgIpc) is 1.88. The van der Waals surface area contributed by atoms with E-state index in [9.17, 15) is 8.42 Å². The molecule has 0 N–H and O–H groups in total. The molecule has 10 heavy (non-hydrogen) atoms. The van der Waals surface area contributed by atoms with Crippen LogP contribution in [0.4, 0.5) is 0 Å². The summed E-state index contributed by atoms with van der Waals surface area (Å²) in [6.07, 6.45) is 3.93. The van der Waals surface area contributed by atoms with Gasteiger partial charge in [0, 0.05) is 0 Å². The van der Waals surface area contributed by atoms with E-state index < -0.39 is 10.7 Å². The summed E-state index contributed by atoms with van der Waals surface area (Å²) in [6.45, 7) is 5.61. The van der Waals surface area contributed by atoms with E-state index in [2.05, 4.69) is 13.8 Å². The second kappa shape index (κ2) is 5.71. The Balaban J connectivity index is 3.30. The second-order valence-electron chi connectivity index (χ2n) is 2.43. The Morgan fingerprint density at radius 1 is 1.40 bits per heavy atom. The molecule has 0 saturated heterocycles. The minimum absolute atomic E-state index is 0.374. The van der Waals surface area contributed by atoms with Crippen LogP contribution < -0.4 is 0 Å². The van der Waals surface area contributed by atoms with Gasteiger partial charge in [-0.25, -0.2) is 8.42 Å². The average molecular weight is 163 g/mol. The summed E-state index contributed by atoms with van der Waals surface area (Å²) in [4.78, 5) is 0. The van der Waals surface area contributed by atoms with Gasteiger partial charge in [0.2, 0.25) is 0 Å². The van der Waals surface area contributed by atoms with Crippen molar-refractivity contribution < 1.29 is 8.42 Å². The van der Waals surface area contributed by atoms with E-state index in [1.807, 2.05) is 0 Å². The van der Waals surface area contributed by atoms with Gasteiger partial charge in [0.15, 0.2) is 0 Å². The zero-order chi connectivity index (χ0) is 7.98. The van der Waals surface area contributed by atoms with E-state index in [0.29, 0.717) is 6.42 Å². The largest absolute Gasteiger partial charge is 0.232 e. The summed E-state index contributed by atoms with van der Waals surface area (Å²) in [7, 11) is -2.29. The molecule has 1 unspecified atom stereocenters. The fraction of sp³-hybridized carbons (Fsp3) is 0.857. The van der Waals surface area contributed by atoms with Crippen LogP contribution in [0.5, 0.6) is 0 Å². The minimum Gasteiger partial charge on any atom is -0.232 e. The highest BCUT2D eigenvalue weighted by Gasteiger charge is 2.02. The van der Waals surface area contributed by atoms with Gasteiger partial charge in [0.05, 0.1) is 5.25 Å². The van der Waals surface area contributed by atoms with Crippen molar-refractivity contribution in [3.63, 3.8) is 0 Å². The van der Waals surface area contributed by atoms with Crippen molar-refractivity contribution in [2.24, 2.45) is 0 Å². The quantitative estimate of drug-likeness (QED) is 0.491. The molecule has 0 aliphatic rings. The van der Waals surface area contributed by atoms with Gasteiger partial charge in [-0.3, -0.25) is 0 Å². The second-order valence-corrected chi connectivity index (χ2v) is 3.74. The summed E-state index contributed by atoms with van der Waals surface area (Å²) in [6, 6.07) is 0. The first-order valence-electron chi connectivity index (χ1n) is 3.65. The maximum absolute atomic E-state index is 10.3. The molecule has 1 atom stereocenters. The molecule has 0 heterocycles. The van der Waals surface area contributed by atoms with Crippen LogP contribution in [0.25, 0.3) is 0 Å². The van der Waals surface area contributed by atoms with E-state index in [4.69, 9.17) is 0 Å². The molecule has 0 amide bonds. The van der Waals surface area contributed by atoms with E-state index >= 15 is 0 Å². The Hall–Kier alpha value is -0.0500. The molecular formula is C7H15O2S. The van der Waals surface area contributed by atoms with Gasteiger partial charge < -0.3 is 0 Å². The lowest BCUT2D eigenvalue weighted by Gasteiger charge is -2.00. The van der Waals surface area contributed by atoms with Crippen LogP contribution >= 0.6 is 0 Å². The van der Waals surface area contributed by atoms with Crippen LogP contribution in [0.15, 0.2) is 0 Å². The number of thiol groups is 1. The van der Waals surface area contributed by atoms with Crippen molar-refractivity contribution in [3.05, 3.63) is 6.92 Å². The minimum atomic E-state index is -2.29. The summed E-state index contributed by atoms with van der Waals surface area (Å²) in [5, 5.41) is -0.374. The van der Waals surface area contributed by atoms with Gasteiger partial charge in [0.25, 0.3) is 0 Å². The molecule has 0 fully saturated rings. The topological polar surface area (TPSA) is 34.1 Å². The van der Waals surface area contributed by atoms with Gasteiger partial charge in [0.1, 0.15) is 10.7 Å². The molecule has 0 rings (SSSR count). The van der Waals surface area contributed by atoms with E-state index in [-0.39, 0.29) is 5.25 Å². The van der Waals surface area contributed by atoms with Crippen molar-refractivity contribution >= 4 is 10.7 Å². The van der Waals surface area contributed by atoms with Gasteiger partial charge >= 0.3 is 0 Å². The van der Waals surface area contributed by atoms with Crippen LogP contribution in [0, 0.1) is 6.92 Å². The van der Waals surface area contributed by atoms with Crippen molar-refractivity contribution in [2.75, 3.05) is 0 Å². The molecular weight excluding hydrogens is 148 g/mol. The first-order chi connectivity index (χ1) is 4.68. The van der Waals surface area contributed by atoms with Crippen molar-refractivity contribution in [1.82, 2.24) is 0 Å². The van der Waals surface area contributed by atoms with E-state index in [1.165, 1.54) is 0 Å². The van der Waals surface area contributed by atoms with Crippen LogP contribution in [0.1, 0.15) is 32.6 Å². The van der Waals surface area contributed by atoms with Crippen LogP contribution in [0.3, 0.4) is 0 Å². The van der Waals surface area contributed by atoms with Gasteiger partial charge in [-0.1, -0.05) is 26.2 Å². The first-order valence-corrected chi connectivity index (χ1v) is 4.89. The molecule has 1 radical (unpaired) electrons. The lowest BCUT2D eigenvalue weighted by molar-refractivity contribution is 0.594. The lowest BCUT2D eigenvalue weighted by atomic mass is 10.2. The highest BCUT2D eigenvalue weighted by Crippen LogP contribution is 2.04. The molecule has 0 aliphatic heterocycles. The third-order valence-corrected chi connectivity index (χ3v) is 2.29. The van der Waals surface area contributed by atoms with Crippen LogP contribution in [-0.2, 0) is 10.7 Å². The van der Waals surface area contributed by atoms with Crippen molar-refractivity contribution in [1.29, 1.82) is 0 Å². The van der Waals surface area contributed by atoms with Crippen LogP contribution in [0.2, 0.25) is 0 Å². The Bertz CT molecular complexity index is 133. The maximum Gasteiger partial charge on any atom is 0.143 e. The zero-order valence-corrected chi connectivity index (χ0v) is 7.27. The molecule has 0 saturated carbocycles. The molecule has 2 nitrogen and oxygen atoms in total. The van der Waals surface area contributed by atoms with Gasteiger partial charge in [-0.05, 0) is 13.3 Å². The molecule has 0 bridgehead atoms. The number of hydrogen-bond acceptors (Lipinski definition) is 2. The Labute approximate surface area is 64.6 Å². The molecule has 3 heteroatoms. The lowest BCUT2D eigenvalue weighted by Crippen LogP contribution is -2.03. The highest BCUT2D eigenvalue weighted by molar-refractivity contribution is 7.73. The fourth-order valence-electron chi connectivity index (χ4n) is 0.735. The SMILES string of the molecule is [CH2]C(CCCCC)[SH](=O)=O. The van der Waals surface area contributed by atoms with Gasteiger partial charge in [-0.15, -0.1) is 0 Å². The first kappa shape index (κ1) is 9.95. The summed E-state index contributed by atoms with van der Waals surface area (Å²) < 4.78 is 20.5. The van der Waals surface area contributed by atoms with Crippen molar-refractivity contribution in [2.45, 2.75) is 37.9 Å². The zero-order valence-electron chi connectivity index (χ0n) is 6.38. The van der Waals surface area contributed by atoms with Crippen LogP contribution in [-0.4, -0.2) is 13.7 Å². The molecule has 0 aromatic heterocycles. The third-order valence-electron chi connectivity index (χ3n) is 1.44. The summed E-state index contributed by atoms with van der Waals surface area (Å²) >= 11 is 0. The predicted octanol–water partition coefficient (Wildman–Crippen LogP) is 1.38. The maximum atomic E-state index is 10.3. The summed E-state index contributed by atoms with van der Waals surface area (Å²) in [5.41, 5.74) is 0. The number of unbranched alkanes of at least 4 members (excludes halogenated alkanes) is 2. The molecule has 0 aromatic carbocycles. The van der Waals surface area contributed by atoms with Crippen molar-refractivity contribution in [3.8, 4) is 0 Å². The highest BCUT2D eigenvalue weighted by atomic mass is 32.2. The number of hydrogen-bond donors (Lipinski definition) is 1. The van der Waals surface area contributed by atoms with E-state index in [0.717, 1.165) is 19.3 Å². The Kier molecular flexibility index (Phi) is 5.69. The molecule has 0 aromatic rings. The Morgan fingerprint density at radius 2 is 2.00 bits per heavy atom. The number of rotatable bonds is 5. The van der Waals surface area contributed by atoms with E-state index in [1.54, 1.807) is 0 Å². The third kappa shape index (κ3) is 4.79. The molecule has 0 spiro atoms. The normalized spacial score (nSPS) is 13.9. The fourth-order valence-corrected chi connectivity index (χ4v) is 1.13. The predicted molar refractivity (Wildman–Crippen MR) is 43.6 cm³/mol.